The Kier molecular flexibility index (Phi) is 31.5. The Labute approximate surface area is 219 Å². The van der Waals surface area contributed by atoms with Gasteiger partial charge in [0.05, 0.1) is 85.9 Å². The molecule has 9 nitrogen and oxygen atoms in total. The molecule has 0 aromatic heterocycles. The van der Waals surface area contributed by atoms with Crippen LogP contribution in [0.3, 0.4) is 0 Å². The van der Waals surface area contributed by atoms with E-state index in [0.717, 1.165) is 32.3 Å². The minimum absolute atomic E-state index is 0.136. The molecule has 36 heavy (non-hydrogen) atoms. The van der Waals surface area contributed by atoms with Gasteiger partial charge < -0.3 is 37.9 Å². The van der Waals surface area contributed by atoms with E-state index < -0.39 is 0 Å². The maximum absolute atomic E-state index is 11.6. The molecule has 0 aliphatic heterocycles. The summed E-state index contributed by atoms with van der Waals surface area (Å²) in [5.41, 5.74) is 0. The van der Waals surface area contributed by atoms with E-state index in [9.17, 15) is 4.79 Å². The predicted octanol–water partition coefficient (Wildman–Crippen LogP) is 4.20. The fourth-order valence-corrected chi connectivity index (χ4v) is 3.00. The Hall–Kier alpha value is -0.810. The molecule has 0 aliphatic rings. The monoisotopic (exact) mass is 522 g/mol. The second-order valence-electron chi connectivity index (χ2n) is 8.38. The maximum Gasteiger partial charge on any atom is 0.305 e. The zero-order chi connectivity index (χ0) is 26.2. The van der Waals surface area contributed by atoms with Crippen molar-refractivity contribution in [3.8, 4) is 0 Å². The predicted molar refractivity (Wildman–Crippen MR) is 140 cm³/mol. The van der Waals surface area contributed by atoms with Crippen molar-refractivity contribution in [1.82, 2.24) is 0 Å². The number of hydrogen-bond donors (Lipinski definition) is 0. The van der Waals surface area contributed by atoms with Gasteiger partial charge in [0.15, 0.2) is 0 Å². The van der Waals surface area contributed by atoms with Gasteiger partial charge in [0.1, 0.15) is 6.61 Å². The molecule has 0 amide bonds. The molecule has 0 saturated carbocycles. The minimum Gasteiger partial charge on any atom is -0.463 e. The van der Waals surface area contributed by atoms with Crippen LogP contribution in [0.4, 0.5) is 0 Å². The van der Waals surface area contributed by atoms with Crippen LogP contribution in [0.1, 0.15) is 71.6 Å². The van der Waals surface area contributed by atoms with Gasteiger partial charge >= 0.3 is 5.97 Å². The van der Waals surface area contributed by atoms with Crippen molar-refractivity contribution in [3.05, 3.63) is 0 Å². The Morgan fingerprint density at radius 3 is 1.14 bits per heavy atom. The molecule has 9 heteroatoms. The molecule has 0 spiro atoms. The highest BCUT2D eigenvalue weighted by Gasteiger charge is 2.02. The molecular formula is C27H54O9. The Morgan fingerprint density at radius 1 is 0.389 bits per heavy atom. The summed E-state index contributed by atoms with van der Waals surface area (Å²) in [5, 5.41) is 0. The first-order valence-corrected chi connectivity index (χ1v) is 14.0. The SMILES string of the molecule is CCCCCCCCC(=O)OCCOCCOCCOCCOCCOCCOCCOCCCC. The van der Waals surface area contributed by atoms with Crippen LogP contribution in [0.15, 0.2) is 0 Å². The summed E-state index contributed by atoms with van der Waals surface area (Å²) in [4.78, 5) is 11.6. The number of carbonyl (C=O) groups excluding carboxylic acids is 1. The van der Waals surface area contributed by atoms with Gasteiger partial charge in [-0.2, -0.15) is 0 Å². The number of carbonyl (C=O) groups is 1. The van der Waals surface area contributed by atoms with Crippen molar-refractivity contribution in [3.63, 3.8) is 0 Å². The number of unbranched alkanes of at least 4 members (excludes halogenated alkanes) is 6. The standard InChI is InChI=1S/C27H54O9/c1-3-5-7-8-9-10-11-27(28)36-26-25-35-24-23-34-22-21-33-20-19-32-18-17-31-16-15-30-14-13-29-12-6-4-2/h3-26H2,1-2H3. The van der Waals surface area contributed by atoms with E-state index in [4.69, 9.17) is 37.9 Å². The van der Waals surface area contributed by atoms with Gasteiger partial charge in [-0.05, 0) is 12.8 Å². The molecule has 216 valence electrons. The fourth-order valence-electron chi connectivity index (χ4n) is 3.00. The summed E-state index contributed by atoms with van der Waals surface area (Å²) < 4.78 is 43.2. The van der Waals surface area contributed by atoms with E-state index >= 15 is 0 Å². The molecule has 0 heterocycles. The summed E-state index contributed by atoms with van der Waals surface area (Å²) in [6.45, 7) is 12.3. The molecule has 0 bridgehead atoms. The largest absolute Gasteiger partial charge is 0.463 e. The third-order valence-corrected chi connectivity index (χ3v) is 5.10. The maximum atomic E-state index is 11.6. The van der Waals surface area contributed by atoms with Crippen LogP contribution in [0.2, 0.25) is 0 Å². The summed E-state index contributed by atoms with van der Waals surface area (Å²) in [6, 6.07) is 0. The summed E-state index contributed by atoms with van der Waals surface area (Å²) in [6.07, 6.45) is 9.72. The van der Waals surface area contributed by atoms with E-state index in [2.05, 4.69) is 13.8 Å². The van der Waals surface area contributed by atoms with E-state index in [0.29, 0.717) is 98.9 Å². The van der Waals surface area contributed by atoms with Crippen molar-refractivity contribution in [2.24, 2.45) is 0 Å². The number of rotatable bonds is 31. The number of hydrogen-bond acceptors (Lipinski definition) is 9. The molecule has 0 rings (SSSR count). The highest BCUT2D eigenvalue weighted by molar-refractivity contribution is 5.69. The van der Waals surface area contributed by atoms with Crippen molar-refractivity contribution in [2.45, 2.75) is 71.6 Å². The lowest BCUT2D eigenvalue weighted by molar-refractivity contribution is -0.145. The van der Waals surface area contributed by atoms with Crippen LogP contribution in [-0.2, 0) is 42.7 Å². The van der Waals surface area contributed by atoms with Gasteiger partial charge in [0.2, 0.25) is 0 Å². The van der Waals surface area contributed by atoms with Crippen LogP contribution in [0.5, 0.6) is 0 Å². The lowest BCUT2D eigenvalue weighted by Gasteiger charge is -2.08. The van der Waals surface area contributed by atoms with Crippen molar-refractivity contribution >= 4 is 5.97 Å². The number of ether oxygens (including phenoxy) is 8. The normalized spacial score (nSPS) is 11.3. The van der Waals surface area contributed by atoms with Crippen LogP contribution < -0.4 is 0 Å². The highest BCUT2D eigenvalue weighted by Crippen LogP contribution is 2.07. The van der Waals surface area contributed by atoms with Gasteiger partial charge in [-0.25, -0.2) is 0 Å². The third-order valence-electron chi connectivity index (χ3n) is 5.10. The zero-order valence-electron chi connectivity index (χ0n) is 23.1. The van der Waals surface area contributed by atoms with Crippen LogP contribution >= 0.6 is 0 Å². The second kappa shape index (κ2) is 32.2. The summed E-state index contributed by atoms with van der Waals surface area (Å²) >= 11 is 0. The first-order valence-electron chi connectivity index (χ1n) is 14.0. The Balaban J connectivity index is 3.09. The number of esters is 1. The highest BCUT2D eigenvalue weighted by atomic mass is 16.6. The molecule has 0 aromatic carbocycles. The van der Waals surface area contributed by atoms with Crippen molar-refractivity contribution in [1.29, 1.82) is 0 Å². The lowest BCUT2D eigenvalue weighted by atomic mass is 10.1. The Bertz CT molecular complexity index is 424. The van der Waals surface area contributed by atoms with E-state index in [-0.39, 0.29) is 5.97 Å². The molecule has 0 radical (unpaired) electrons. The molecule has 0 N–H and O–H groups in total. The summed E-state index contributed by atoms with van der Waals surface area (Å²) in [7, 11) is 0. The van der Waals surface area contributed by atoms with Gasteiger partial charge in [-0.3, -0.25) is 4.79 Å². The molecular weight excluding hydrogens is 468 g/mol. The van der Waals surface area contributed by atoms with Crippen LogP contribution in [-0.4, -0.2) is 105 Å². The molecule has 0 aliphatic carbocycles. The first kappa shape index (κ1) is 35.2. The average molecular weight is 523 g/mol. The van der Waals surface area contributed by atoms with E-state index in [1.807, 2.05) is 0 Å². The van der Waals surface area contributed by atoms with E-state index in [1.165, 1.54) is 25.7 Å². The van der Waals surface area contributed by atoms with Gasteiger partial charge in [0, 0.05) is 13.0 Å². The van der Waals surface area contributed by atoms with Gasteiger partial charge in [-0.15, -0.1) is 0 Å². The lowest BCUT2D eigenvalue weighted by Crippen LogP contribution is -2.15. The topological polar surface area (TPSA) is 90.9 Å². The van der Waals surface area contributed by atoms with Crippen LogP contribution in [0, 0.1) is 0 Å². The molecule has 0 fully saturated rings. The van der Waals surface area contributed by atoms with Crippen molar-refractivity contribution in [2.75, 3.05) is 99.1 Å². The van der Waals surface area contributed by atoms with Gasteiger partial charge in [-0.1, -0.05) is 52.4 Å². The van der Waals surface area contributed by atoms with Crippen molar-refractivity contribution < 1.29 is 42.7 Å². The Morgan fingerprint density at radius 2 is 0.722 bits per heavy atom. The molecule has 0 aromatic rings. The third kappa shape index (κ3) is 31.2. The van der Waals surface area contributed by atoms with Gasteiger partial charge in [0.25, 0.3) is 0 Å². The molecule has 0 unspecified atom stereocenters. The molecule has 0 saturated heterocycles. The fraction of sp³-hybridized carbons (Fsp3) is 0.963. The summed E-state index contributed by atoms with van der Waals surface area (Å²) in [5.74, 6) is -0.136. The molecule has 0 atom stereocenters. The second-order valence-corrected chi connectivity index (χ2v) is 8.38. The smallest absolute Gasteiger partial charge is 0.305 e. The van der Waals surface area contributed by atoms with Crippen LogP contribution in [0.25, 0.3) is 0 Å². The first-order chi connectivity index (χ1) is 17.8. The zero-order valence-corrected chi connectivity index (χ0v) is 23.1. The average Bonchev–Trinajstić information content (AvgIpc) is 2.88. The van der Waals surface area contributed by atoms with E-state index in [1.54, 1.807) is 0 Å². The quantitative estimate of drug-likeness (QED) is 0.0981. The minimum atomic E-state index is -0.136.